The highest BCUT2D eigenvalue weighted by Crippen LogP contribution is 2.16. The third kappa shape index (κ3) is 2.76. The average Bonchev–Trinajstić information content (AvgIpc) is 2.66. The van der Waals surface area contributed by atoms with Gasteiger partial charge in [0, 0.05) is 13.0 Å². The van der Waals surface area contributed by atoms with Gasteiger partial charge in [-0.2, -0.15) is 10.3 Å². The molecule has 1 rings (SSSR count). The second-order valence-corrected chi connectivity index (χ2v) is 3.13. The Morgan fingerprint density at radius 2 is 2.27 bits per heavy atom. The van der Waals surface area contributed by atoms with Crippen molar-refractivity contribution in [3.05, 3.63) is 11.4 Å². The molecular weight excluding hydrogens is 198 g/mol. The minimum Gasteiger partial charge on any atom is -0.461 e. The van der Waals surface area contributed by atoms with Crippen LogP contribution in [-0.2, 0) is 9.47 Å². The summed E-state index contributed by atoms with van der Waals surface area (Å²) in [7, 11) is 1.60. The SMILES string of the molecule is CCOC(=O)c1n[nH]nc1C(C)COC. The number of nitrogens with zero attached hydrogens (tertiary/aromatic N) is 2. The molecular formula is C9H15N3O3. The minimum atomic E-state index is -0.454. The lowest BCUT2D eigenvalue weighted by atomic mass is 10.1. The van der Waals surface area contributed by atoms with Gasteiger partial charge in [-0.3, -0.25) is 0 Å². The van der Waals surface area contributed by atoms with Gasteiger partial charge in [0.25, 0.3) is 0 Å². The molecule has 1 aromatic rings. The molecule has 0 bridgehead atoms. The van der Waals surface area contributed by atoms with E-state index in [1.165, 1.54) is 0 Å². The first-order valence-corrected chi connectivity index (χ1v) is 4.77. The maximum absolute atomic E-state index is 11.4. The highest BCUT2D eigenvalue weighted by atomic mass is 16.5. The number of aromatic nitrogens is 3. The summed E-state index contributed by atoms with van der Waals surface area (Å²) in [6.07, 6.45) is 0. The third-order valence-electron chi connectivity index (χ3n) is 1.93. The van der Waals surface area contributed by atoms with Crippen molar-refractivity contribution in [3.63, 3.8) is 0 Å². The van der Waals surface area contributed by atoms with E-state index in [-0.39, 0.29) is 11.6 Å². The number of nitrogens with one attached hydrogen (secondary N) is 1. The van der Waals surface area contributed by atoms with Gasteiger partial charge in [-0.1, -0.05) is 6.92 Å². The van der Waals surface area contributed by atoms with Crippen LogP contribution in [0.4, 0.5) is 0 Å². The summed E-state index contributed by atoms with van der Waals surface area (Å²) in [6, 6.07) is 0. The van der Waals surface area contributed by atoms with Crippen LogP contribution in [0, 0.1) is 0 Å². The summed E-state index contributed by atoms with van der Waals surface area (Å²) in [5.41, 5.74) is 0.816. The Morgan fingerprint density at radius 3 is 2.87 bits per heavy atom. The van der Waals surface area contributed by atoms with Crippen LogP contribution in [0.3, 0.4) is 0 Å². The van der Waals surface area contributed by atoms with Crippen molar-refractivity contribution in [3.8, 4) is 0 Å². The molecule has 0 spiro atoms. The Balaban J connectivity index is 2.81. The third-order valence-corrected chi connectivity index (χ3v) is 1.93. The van der Waals surface area contributed by atoms with E-state index in [4.69, 9.17) is 9.47 Å². The highest BCUT2D eigenvalue weighted by Gasteiger charge is 2.21. The zero-order valence-electron chi connectivity index (χ0n) is 9.11. The largest absolute Gasteiger partial charge is 0.461 e. The lowest BCUT2D eigenvalue weighted by molar-refractivity contribution is 0.0516. The number of hydrogen-bond acceptors (Lipinski definition) is 5. The molecule has 6 heteroatoms. The van der Waals surface area contributed by atoms with Crippen LogP contribution in [0.25, 0.3) is 0 Å². The molecule has 0 amide bonds. The quantitative estimate of drug-likeness (QED) is 0.729. The van der Waals surface area contributed by atoms with E-state index in [1.54, 1.807) is 14.0 Å². The van der Waals surface area contributed by atoms with Crippen molar-refractivity contribution < 1.29 is 14.3 Å². The van der Waals surface area contributed by atoms with Crippen molar-refractivity contribution in [2.24, 2.45) is 0 Å². The van der Waals surface area contributed by atoms with Crippen LogP contribution in [0.1, 0.15) is 35.9 Å². The average molecular weight is 213 g/mol. The van der Waals surface area contributed by atoms with Gasteiger partial charge in [0.1, 0.15) is 5.69 Å². The van der Waals surface area contributed by atoms with Crippen molar-refractivity contribution in [1.82, 2.24) is 15.4 Å². The molecule has 1 atom stereocenters. The zero-order chi connectivity index (χ0) is 11.3. The van der Waals surface area contributed by atoms with Crippen molar-refractivity contribution in [2.75, 3.05) is 20.3 Å². The number of carbonyl (C=O) groups is 1. The van der Waals surface area contributed by atoms with E-state index in [2.05, 4.69) is 15.4 Å². The normalized spacial score (nSPS) is 12.5. The number of hydrogen-bond donors (Lipinski definition) is 1. The Hall–Kier alpha value is -1.43. The Labute approximate surface area is 88.0 Å². The van der Waals surface area contributed by atoms with Crippen LogP contribution >= 0.6 is 0 Å². The van der Waals surface area contributed by atoms with Crippen LogP contribution in [0.5, 0.6) is 0 Å². The molecule has 0 aliphatic heterocycles. The smallest absolute Gasteiger partial charge is 0.360 e. The number of carbonyl (C=O) groups excluding carboxylic acids is 1. The minimum absolute atomic E-state index is 0.00755. The summed E-state index contributed by atoms with van der Waals surface area (Å²) in [6.45, 7) is 4.46. The summed E-state index contributed by atoms with van der Waals surface area (Å²) >= 11 is 0. The summed E-state index contributed by atoms with van der Waals surface area (Å²) in [4.78, 5) is 11.4. The number of rotatable bonds is 5. The first-order chi connectivity index (χ1) is 7.20. The van der Waals surface area contributed by atoms with E-state index in [0.717, 1.165) is 0 Å². The van der Waals surface area contributed by atoms with E-state index in [9.17, 15) is 4.79 Å². The van der Waals surface area contributed by atoms with Gasteiger partial charge in [0.05, 0.1) is 13.2 Å². The van der Waals surface area contributed by atoms with Crippen molar-refractivity contribution in [1.29, 1.82) is 0 Å². The number of esters is 1. The molecule has 1 aromatic heterocycles. The fourth-order valence-corrected chi connectivity index (χ4v) is 1.26. The second-order valence-electron chi connectivity index (χ2n) is 3.13. The molecule has 6 nitrogen and oxygen atoms in total. The number of H-pyrrole nitrogens is 1. The molecule has 15 heavy (non-hydrogen) atoms. The van der Waals surface area contributed by atoms with Gasteiger partial charge < -0.3 is 9.47 Å². The van der Waals surface area contributed by atoms with E-state index >= 15 is 0 Å². The predicted octanol–water partition coefficient (Wildman–Crippen LogP) is 0.731. The standard InChI is InChI=1S/C9H15N3O3/c1-4-15-9(13)8-7(10-12-11-8)6(2)5-14-3/h6H,4-5H2,1-3H3,(H,10,11,12). The van der Waals surface area contributed by atoms with Crippen molar-refractivity contribution in [2.45, 2.75) is 19.8 Å². The van der Waals surface area contributed by atoms with Gasteiger partial charge in [0.2, 0.25) is 0 Å². The Bertz CT molecular complexity index is 324. The Kier molecular flexibility index (Phi) is 4.23. The van der Waals surface area contributed by atoms with Gasteiger partial charge in [-0.15, -0.1) is 5.10 Å². The van der Waals surface area contributed by atoms with Crippen LogP contribution in [0.2, 0.25) is 0 Å². The molecule has 0 fully saturated rings. The molecule has 1 N–H and O–H groups in total. The maximum atomic E-state index is 11.4. The number of ether oxygens (including phenoxy) is 2. The highest BCUT2D eigenvalue weighted by molar-refractivity contribution is 5.88. The first-order valence-electron chi connectivity index (χ1n) is 4.77. The topological polar surface area (TPSA) is 77.1 Å². The molecule has 0 aliphatic rings. The summed E-state index contributed by atoms with van der Waals surface area (Å²) in [5, 5.41) is 10.1. The Morgan fingerprint density at radius 1 is 1.53 bits per heavy atom. The van der Waals surface area contributed by atoms with Gasteiger partial charge in [0.15, 0.2) is 5.69 Å². The number of methoxy groups -OCH3 is 1. The molecule has 0 saturated heterocycles. The van der Waals surface area contributed by atoms with E-state index < -0.39 is 5.97 Å². The first kappa shape index (κ1) is 11.6. The van der Waals surface area contributed by atoms with Gasteiger partial charge in [-0.05, 0) is 6.92 Å². The fourth-order valence-electron chi connectivity index (χ4n) is 1.26. The van der Waals surface area contributed by atoms with E-state index in [1.807, 2.05) is 6.92 Å². The lowest BCUT2D eigenvalue weighted by Crippen LogP contribution is -2.12. The van der Waals surface area contributed by atoms with Gasteiger partial charge >= 0.3 is 5.97 Å². The molecule has 1 heterocycles. The van der Waals surface area contributed by atoms with Crippen molar-refractivity contribution >= 4 is 5.97 Å². The van der Waals surface area contributed by atoms with E-state index in [0.29, 0.717) is 18.9 Å². The number of aromatic amines is 1. The maximum Gasteiger partial charge on any atom is 0.360 e. The molecule has 1 unspecified atom stereocenters. The lowest BCUT2D eigenvalue weighted by Gasteiger charge is -2.07. The zero-order valence-corrected chi connectivity index (χ0v) is 9.11. The molecule has 0 radical (unpaired) electrons. The predicted molar refractivity (Wildman–Crippen MR) is 52.6 cm³/mol. The van der Waals surface area contributed by atoms with Crippen LogP contribution in [-0.4, -0.2) is 41.7 Å². The van der Waals surface area contributed by atoms with Gasteiger partial charge in [-0.25, -0.2) is 4.79 Å². The summed E-state index contributed by atoms with van der Waals surface area (Å²) < 4.78 is 9.84. The molecule has 0 aliphatic carbocycles. The fraction of sp³-hybridized carbons (Fsp3) is 0.667. The molecule has 0 aromatic carbocycles. The second kappa shape index (κ2) is 5.45. The summed E-state index contributed by atoms with van der Waals surface area (Å²) in [5.74, 6) is -0.447. The van der Waals surface area contributed by atoms with Crippen LogP contribution in [0.15, 0.2) is 0 Å². The molecule has 0 saturated carbocycles. The monoisotopic (exact) mass is 213 g/mol. The van der Waals surface area contributed by atoms with Crippen LogP contribution < -0.4 is 0 Å². The molecule has 84 valence electrons.